The molecule has 0 heterocycles. The fourth-order valence-electron chi connectivity index (χ4n) is 0. The molecule has 0 aromatic heterocycles. The van der Waals surface area contributed by atoms with Crippen molar-refractivity contribution in [3.05, 3.63) is 0 Å². The summed E-state index contributed by atoms with van der Waals surface area (Å²) >= 11 is -1.30. The van der Waals surface area contributed by atoms with Gasteiger partial charge in [0.05, 0.1) is 0 Å². The molecular weight excluding hydrogens is 131 g/mol. The summed E-state index contributed by atoms with van der Waals surface area (Å²) in [5.74, 6) is 1.79. The standard InChI is InChI=1S/C3H8OSe/c1-3-5(2)4/h3H2,1-2H3. The van der Waals surface area contributed by atoms with Crippen LogP contribution in [0.15, 0.2) is 0 Å². The van der Waals surface area contributed by atoms with Gasteiger partial charge in [0, 0.05) is 0 Å². The van der Waals surface area contributed by atoms with E-state index in [2.05, 4.69) is 0 Å². The summed E-state index contributed by atoms with van der Waals surface area (Å²) < 4.78 is 10.0. The first-order valence-electron chi connectivity index (χ1n) is 1.57. The van der Waals surface area contributed by atoms with E-state index in [1.54, 1.807) is 5.82 Å². The summed E-state index contributed by atoms with van der Waals surface area (Å²) in [6.07, 6.45) is 0. The van der Waals surface area contributed by atoms with Gasteiger partial charge in [0.1, 0.15) is 0 Å². The Morgan fingerprint density at radius 3 is 2.00 bits per heavy atom. The number of hydrogen-bond donors (Lipinski definition) is 0. The molecule has 5 heavy (non-hydrogen) atoms. The van der Waals surface area contributed by atoms with Crippen LogP contribution in [0.3, 0.4) is 0 Å². The molecule has 0 N–H and O–H groups in total. The maximum atomic E-state index is 10.0. The Morgan fingerprint density at radius 1 is 1.80 bits per heavy atom. The van der Waals surface area contributed by atoms with Gasteiger partial charge < -0.3 is 0 Å². The van der Waals surface area contributed by atoms with E-state index in [9.17, 15) is 3.83 Å². The van der Waals surface area contributed by atoms with Crippen molar-refractivity contribution in [3.63, 3.8) is 0 Å². The van der Waals surface area contributed by atoms with E-state index in [-0.39, 0.29) is 0 Å². The van der Waals surface area contributed by atoms with Gasteiger partial charge in [-0.15, -0.1) is 0 Å². The first-order valence-corrected chi connectivity index (χ1v) is 5.19. The van der Waals surface area contributed by atoms with Crippen molar-refractivity contribution in [1.29, 1.82) is 0 Å². The van der Waals surface area contributed by atoms with Crippen molar-refractivity contribution in [1.82, 2.24) is 0 Å². The van der Waals surface area contributed by atoms with E-state index in [1.807, 2.05) is 6.92 Å². The second-order valence-corrected chi connectivity index (χ2v) is 4.48. The van der Waals surface area contributed by atoms with Gasteiger partial charge >= 0.3 is 35.7 Å². The normalized spacial score (nSPS) is 14.8. The van der Waals surface area contributed by atoms with E-state index < -0.39 is 13.8 Å². The Kier molecular flexibility index (Phi) is 2.71. The maximum absolute atomic E-state index is 10.0. The van der Waals surface area contributed by atoms with E-state index in [1.165, 1.54) is 0 Å². The second-order valence-electron chi connectivity index (χ2n) is 0.862. The van der Waals surface area contributed by atoms with Crippen molar-refractivity contribution < 1.29 is 3.83 Å². The number of hydrogen-bond acceptors (Lipinski definition) is 1. The molecule has 0 spiro atoms. The van der Waals surface area contributed by atoms with E-state index in [0.717, 1.165) is 5.32 Å². The molecule has 1 unspecified atom stereocenters. The molecule has 2 heteroatoms. The SMILES string of the molecule is CC[Se](C)=O. The van der Waals surface area contributed by atoms with Gasteiger partial charge in [-0.2, -0.15) is 0 Å². The predicted molar refractivity (Wildman–Crippen MR) is 22.8 cm³/mol. The monoisotopic (exact) mass is 140 g/mol. The minimum absolute atomic E-state index is 0.875. The Morgan fingerprint density at radius 2 is 2.00 bits per heavy atom. The van der Waals surface area contributed by atoms with Crippen LogP contribution in [-0.4, -0.2) is 13.8 Å². The quantitative estimate of drug-likeness (QED) is 0.496. The fourth-order valence-corrected chi connectivity index (χ4v) is 0. The summed E-state index contributed by atoms with van der Waals surface area (Å²) in [4.78, 5) is 0. The summed E-state index contributed by atoms with van der Waals surface area (Å²) in [6, 6.07) is 0. The van der Waals surface area contributed by atoms with Crippen molar-refractivity contribution in [2.24, 2.45) is 0 Å². The molecule has 0 radical (unpaired) electrons. The van der Waals surface area contributed by atoms with E-state index >= 15 is 0 Å². The zero-order valence-corrected chi connectivity index (χ0v) is 5.24. The molecular formula is C3H8OSe. The van der Waals surface area contributed by atoms with Crippen molar-refractivity contribution >= 4 is 13.8 Å². The van der Waals surface area contributed by atoms with E-state index in [4.69, 9.17) is 0 Å². The zero-order valence-electron chi connectivity index (χ0n) is 3.52. The molecule has 0 amide bonds. The molecule has 0 aromatic carbocycles. The topological polar surface area (TPSA) is 17.1 Å². The third-order valence-electron chi connectivity index (χ3n) is 0.407. The van der Waals surface area contributed by atoms with Crippen LogP contribution < -0.4 is 0 Å². The molecule has 0 aromatic rings. The minimum atomic E-state index is -1.30. The summed E-state index contributed by atoms with van der Waals surface area (Å²) in [5, 5.41) is 0.875. The molecule has 0 saturated carbocycles. The van der Waals surface area contributed by atoms with Crippen LogP contribution in [-0.2, 0) is 3.83 Å². The summed E-state index contributed by atoms with van der Waals surface area (Å²) in [6.45, 7) is 1.94. The van der Waals surface area contributed by atoms with Crippen molar-refractivity contribution in [3.8, 4) is 0 Å². The molecule has 0 saturated heterocycles. The van der Waals surface area contributed by atoms with Gasteiger partial charge in [-0.25, -0.2) is 0 Å². The van der Waals surface area contributed by atoms with Gasteiger partial charge in [0.2, 0.25) is 0 Å². The van der Waals surface area contributed by atoms with Crippen LogP contribution in [0, 0.1) is 0 Å². The molecule has 1 atom stereocenters. The van der Waals surface area contributed by atoms with Gasteiger partial charge in [0.15, 0.2) is 0 Å². The molecule has 0 aliphatic carbocycles. The van der Waals surface area contributed by atoms with Crippen LogP contribution >= 0.6 is 0 Å². The Balaban J connectivity index is 2.85. The summed E-state index contributed by atoms with van der Waals surface area (Å²) in [5.41, 5.74) is 0. The molecule has 0 bridgehead atoms. The summed E-state index contributed by atoms with van der Waals surface area (Å²) in [7, 11) is 0. The van der Waals surface area contributed by atoms with E-state index in [0.29, 0.717) is 0 Å². The zero-order chi connectivity index (χ0) is 4.28. The third-order valence-corrected chi connectivity index (χ3v) is 2.11. The molecule has 0 rings (SSSR count). The van der Waals surface area contributed by atoms with Gasteiger partial charge in [-0.1, -0.05) is 0 Å². The Labute approximate surface area is 36.5 Å². The van der Waals surface area contributed by atoms with Crippen LogP contribution in [0.1, 0.15) is 6.92 Å². The van der Waals surface area contributed by atoms with Gasteiger partial charge in [-0.05, 0) is 0 Å². The predicted octanol–water partition coefficient (Wildman–Crippen LogP) is 1.06. The number of rotatable bonds is 1. The van der Waals surface area contributed by atoms with Gasteiger partial charge in [-0.3, -0.25) is 0 Å². The van der Waals surface area contributed by atoms with Crippen molar-refractivity contribution in [2.75, 3.05) is 0 Å². The molecule has 0 aliphatic heterocycles. The molecule has 1 nitrogen and oxygen atoms in total. The second kappa shape index (κ2) is 2.55. The van der Waals surface area contributed by atoms with Crippen molar-refractivity contribution in [2.45, 2.75) is 18.1 Å². The molecule has 0 aliphatic rings. The Bertz CT molecular complexity index is 42.2. The molecule has 32 valence electrons. The Hall–Kier alpha value is 0.319. The average molecular weight is 139 g/mol. The van der Waals surface area contributed by atoms with Crippen LogP contribution in [0.4, 0.5) is 0 Å². The fraction of sp³-hybridized carbons (Fsp3) is 1.00. The van der Waals surface area contributed by atoms with Gasteiger partial charge in [0.25, 0.3) is 0 Å². The third kappa shape index (κ3) is 4.32. The average Bonchev–Trinajstić information content (AvgIpc) is 1.38. The first kappa shape index (κ1) is 5.32. The molecule has 0 fully saturated rings. The van der Waals surface area contributed by atoms with Crippen LogP contribution in [0.2, 0.25) is 11.1 Å². The van der Waals surface area contributed by atoms with Crippen LogP contribution in [0.5, 0.6) is 0 Å². The van der Waals surface area contributed by atoms with Crippen LogP contribution in [0.25, 0.3) is 0 Å². The first-order chi connectivity index (χ1) is 2.27.